The molecule has 0 radical (unpaired) electrons. The topological polar surface area (TPSA) is 69.6 Å². The number of hydrogen-bond acceptors (Lipinski definition) is 3. The molecule has 0 aromatic heterocycles. The van der Waals surface area contributed by atoms with Crippen molar-refractivity contribution in [3.63, 3.8) is 0 Å². The third-order valence-electron chi connectivity index (χ3n) is 3.88. The second-order valence-electron chi connectivity index (χ2n) is 5.84. The van der Waals surface area contributed by atoms with E-state index < -0.39 is 12.0 Å². The van der Waals surface area contributed by atoms with Crippen LogP contribution in [0.2, 0.25) is 0 Å². The quantitative estimate of drug-likeness (QED) is 0.808. The van der Waals surface area contributed by atoms with Gasteiger partial charge in [0.15, 0.2) is 0 Å². The maximum atomic E-state index is 11.3. The van der Waals surface area contributed by atoms with Crippen molar-refractivity contribution in [2.45, 2.75) is 47.2 Å². The lowest BCUT2D eigenvalue weighted by Crippen LogP contribution is -2.43. The fourth-order valence-electron chi connectivity index (χ4n) is 2.60. The third-order valence-corrected chi connectivity index (χ3v) is 3.88. The molecule has 0 fully saturated rings. The van der Waals surface area contributed by atoms with E-state index in [0.29, 0.717) is 19.6 Å². The SMILES string of the molecule is CC(=O)NCCN(Cc1c(C)cc(C)cc1C)C(C)C(=O)O. The minimum absolute atomic E-state index is 0.106. The van der Waals surface area contributed by atoms with Crippen molar-refractivity contribution in [1.29, 1.82) is 0 Å². The zero-order valence-corrected chi connectivity index (χ0v) is 14.1. The normalized spacial score (nSPS) is 12.3. The molecule has 0 saturated carbocycles. The van der Waals surface area contributed by atoms with Gasteiger partial charge in [0.1, 0.15) is 6.04 Å². The minimum atomic E-state index is -0.856. The number of amides is 1. The predicted octanol–water partition coefficient (Wildman–Crippen LogP) is 2.02. The third kappa shape index (κ3) is 5.15. The van der Waals surface area contributed by atoms with Crippen LogP contribution in [0.3, 0.4) is 0 Å². The van der Waals surface area contributed by atoms with Gasteiger partial charge in [0.05, 0.1) is 0 Å². The number of carbonyl (C=O) groups is 2. The smallest absolute Gasteiger partial charge is 0.320 e. The molecule has 5 heteroatoms. The van der Waals surface area contributed by atoms with Gasteiger partial charge in [0.25, 0.3) is 0 Å². The predicted molar refractivity (Wildman–Crippen MR) is 86.8 cm³/mol. The number of carboxylic acid groups (broad SMARTS) is 1. The number of nitrogens with one attached hydrogen (secondary N) is 1. The van der Waals surface area contributed by atoms with E-state index in [9.17, 15) is 14.7 Å². The molecular weight excluding hydrogens is 280 g/mol. The molecule has 1 atom stereocenters. The summed E-state index contributed by atoms with van der Waals surface area (Å²) in [6, 6.07) is 3.62. The minimum Gasteiger partial charge on any atom is -0.480 e. The molecule has 0 spiro atoms. The zero-order valence-electron chi connectivity index (χ0n) is 14.1. The van der Waals surface area contributed by atoms with Gasteiger partial charge in [0.2, 0.25) is 5.91 Å². The molecule has 122 valence electrons. The van der Waals surface area contributed by atoms with Crippen LogP contribution < -0.4 is 5.32 Å². The molecule has 1 aromatic rings. The average Bonchev–Trinajstić information content (AvgIpc) is 2.39. The zero-order chi connectivity index (χ0) is 16.9. The van der Waals surface area contributed by atoms with Crippen molar-refractivity contribution in [2.24, 2.45) is 0 Å². The molecule has 22 heavy (non-hydrogen) atoms. The maximum Gasteiger partial charge on any atom is 0.320 e. The van der Waals surface area contributed by atoms with Crippen LogP contribution in [0.25, 0.3) is 0 Å². The molecule has 0 saturated heterocycles. The van der Waals surface area contributed by atoms with Gasteiger partial charge in [0, 0.05) is 26.6 Å². The average molecular weight is 306 g/mol. The molecule has 0 aliphatic heterocycles. The number of hydrogen-bond donors (Lipinski definition) is 2. The van der Waals surface area contributed by atoms with E-state index in [0.717, 1.165) is 5.56 Å². The fraction of sp³-hybridized carbons (Fsp3) is 0.529. The lowest BCUT2D eigenvalue weighted by molar-refractivity contribution is -0.142. The first-order valence-electron chi connectivity index (χ1n) is 7.50. The van der Waals surface area contributed by atoms with Crippen LogP contribution in [0.4, 0.5) is 0 Å². The Balaban J connectivity index is 2.92. The number of nitrogens with zero attached hydrogens (tertiary/aromatic N) is 1. The molecular formula is C17H26N2O3. The Morgan fingerprint density at radius 1 is 1.23 bits per heavy atom. The van der Waals surface area contributed by atoms with E-state index in [1.54, 1.807) is 6.92 Å². The second-order valence-corrected chi connectivity index (χ2v) is 5.84. The summed E-state index contributed by atoms with van der Waals surface area (Å²) < 4.78 is 0. The summed E-state index contributed by atoms with van der Waals surface area (Å²) in [5.74, 6) is -0.962. The highest BCUT2D eigenvalue weighted by atomic mass is 16.4. The molecule has 1 rings (SSSR count). The van der Waals surface area contributed by atoms with E-state index in [1.807, 2.05) is 18.7 Å². The van der Waals surface area contributed by atoms with Gasteiger partial charge in [-0.2, -0.15) is 0 Å². The van der Waals surface area contributed by atoms with E-state index >= 15 is 0 Å². The highest BCUT2D eigenvalue weighted by molar-refractivity contribution is 5.73. The molecule has 5 nitrogen and oxygen atoms in total. The molecule has 2 N–H and O–H groups in total. The number of benzene rings is 1. The summed E-state index contributed by atoms with van der Waals surface area (Å²) in [6.45, 7) is 10.8. The Bertz CT molecular complexity index is 532. The van der Waals surface area contributed by atoms with E-state index in [1.165, 1.54) is 23.6 Å². The molecule has 0 aliphatic rings. The Hall–Kier alpha value is -1.88. The van der Waals surface area contributed by atoms with E-state index in [2.05, 4.69) is 24.4 Å². The van der Waals surface area contributed by atoms with Crippen LogP contribution in [0.1, 0.15) is 36.1 Å². The van der Waals surface area contributed by atoms with Crippen LogP contribution in [-0.4, -0.2) is 41.0 Å². The van der Waals surface area contributed by atoms with Crippen LogP contribution in [0.15, 0.2) is 12.1 Å². The van der Waals surface area contributed by atoms with Crippen molar-refractivity contribution in [1.82, 2.24) is 10.2 Å². The number of aliphatic carboxylic acids is 1. The van der Waals surface area contributed by atoms with Gasteiger partial charge in [-0.3, -0.25) is 14.5 Å². The Kier molecular flexibility index (Phi) is 6.56. The second kappa shape index (κ2) is 7.94. The van der Waals surface area contributed by atoms with Crippen molar-refractivity contribution in [3.05, 3.63) is 34.4 Å². The molecule has 0 heterocycles. The summed E-state index contributed by atoms with van der Waals surface area (Å²) >= 11 is 0. The van der Waals surface area contributed by atoms with E-state index in [-0.39, 0.29) is 5.91 Å². The van der Waals surface area contributed by atoms with Crippen LogP contribution in [0, 0.1) is 20.8 Å². The van der Waals surface area contributed by atoms with Crippen molar-refractivity contribution in [2.75, 3.05) is 13.1 Å². The molecule has 1 aromatic carbocycles. The molecule has 0 aliphatic carbocycles. The van der Waals surface area contributed by atoms with Gasteiger partial charge >= 0.3 is 5.97 Å². The largest absolute Gasteiger partial charge is 0.480 e. The Morgan fingerprint density at radius 3 is 2.23 bits per heavy atom. The molecule has 1 unspecified atom stereocenters. The number of carbonyl (C=O) groups excluding carboxylic acids is 1. The lowest BCUT2D eigenvalue weighted by Gasteiger charge is -2.28. The Morgan fingerprint density at radius 2 is 1.77 bits per heavy atom. The van der Waals surface area contributed by atoms with Crippen molar-refractivity contribution < 1.29 is 14.7 Å². The van der Waals surface area contributed by atoms with Crippen LogP contribution in [-0.2, 0) is 16.1 Å². The summed E-state index contributed by atoms with van der Waals surface area (Å²) in [5.41, 5.74) is 4.69. The number of aryl methyl sites for hydroxylation is 3. The monoisotopic (exact) mass is 306 g/mol. The van der Waals surface area contributed by atoms with Gasteiger partial charge in [-0.15, -0.1) is 0 Å². The Labute approximate surface area is 132 Å². The molecule has 0 bridgehead atoms. The highest BCUT2D eigenvalue weighted by Crippen LogP contribution is 2.19. The number of rotatable bonds is 7. The first-order chi connectivity index (χ1) is 10.2. The number of carboxylic acids is 1. The lowest BCUT2D eigenvalue weighted by atomic mass is 9.99. The summed E-state index contributed by atoms with van der Waals surface area (Å²) in [4.78, 5) is 24.2. The summed E-state index contributed by atoms with van der Waals surface area (Å²) in [7, 11) is 0. The maximum absolute atomic E-state index is 11.3. The molecule has 1 amide bonds. The van der Waals surface area contributed by atoms with Crippen LogP contribution in [0.5, 0.6) is 0 Å². The van der Waals surface area contributed by atoms with E-state index in [4.69, 9.17) is 0 Å². The van der Waals surface area contributed by atoms with Gasteiger partial charge in [-0.1, -0.05) is 17.7 Å². The first kappa shape index (κ1) is 18.2. The highest BCUT2D eigenvalue weighted by Gasteiger charge is 2.21. The van der Waals surface area contributed by atoms with Crippen molar-refractivity contribution in [3.8, 4) is 0 Å². The standard InChI is InChI=1S/C17H26N2O3/c1-11-8-12(2)16(13(3)9-11)10-19(14(4)17(21)22)7-6-18-15(5)20/h8-9,14H,6-7,10H2,1-5H3,(H,18,20)(H,21,22). The van der Waals surface area contributed by atoms with Gasteiger partial charge in [-0.05, 0) is 44.4 Å². The fourth-order valence-corrected chi connectivity index (χ4v) is 2.60. The van der Waals surface area contributed by atoms with Crippen molar-refractivity contribution >= 4 is 11.9 Å². The first-order valence-corrected chi connectivity index (χ1v) is 7.50. The van der Waals surface area contributed by atoms with Gasteiger partial charge in [-0.25, -0.2) is 0 Å². The summed E-state index contributed by atoms with van der Waals surface area (Å²) in [5, 5.41) is 12.0. The van der Waals surface area contributed by atoms with Crippen LogP contribution >= 0.6 is 0 Å². The summed E-state index contributed by atoms with van der Waals surface area (Å²) in [6.07, 6.45) is 0. The van der Waals surface area contributed by atoms with Gasteiger partial charge < -0.3 is 10.4 Å².